The summed E-state index contributed by atoms with van der Waals surface area (Å²) in [5.41, 5.74) is 16.2. The molecule has 1 unspecified atom stereocenters. The van der Waals surface area contributed by atoms with Crippen molar-refractivity contribution in [2.75, 3.05) is 0 Å². The first-order chi connectivity index (χ1) is 25.7. The van der Waals surface area contributed by atoms with Gasteiger partial charge in [0.05, 0.1) is 5.41 Å². The topological polar surface area (TPSA) is 9.23 Å². The average molecular weight is 667 g/mol. The van der Waals surface area contributed by atoms with E-state index in [1.165, 1.54) is 110 Å². The van der Waals surface area contributed by atoms with E-state index in [0.29, 0.717) is 11.8 Å². The lowest BCUT2D eigenvalue weighted by atomic mass is 9.41. The summed E-state index contributed by atoms with van der Waals surface area (Å²) in [6, 6.07) is 55.6. The summed E-state index contributed by atoms with van der Waals surface area (Å²) in [7, 11) is 0. The van der Waals surface area contributed by atoms with Crippen molar-refractivity contribution in [1.82, 2.24) is 0 Å². The van der Waals surface area contributed by atoms with Gasteiger partial charge in [-0.05, 0) is 146 Å². The van der Waals surface area contributed by atoms with Gasteiger partial charge < -0.3 is 4.74 Å². The summed E-state index contributed by atoms with van der Waals surface area (Å²) >= 11 is 0. The Labute approximate surface area is 304 Å². The number of hydrogen-bond donors (Lipinski definition) is 0. The fourth-order valence-corrected chi connectivity index (χ4v) is 13.2. The monoisotopic (exact) mass is 666 g/mol. The maximum absolute atomic E-state index is 6.78. The zero-order valence-electron chi connectivity index (χ0n) is 29.1. The Morgan fingerprint density at radius 1 is 0.423 bits per heavy atom. The molecular formula is C51H38O. The van der Waals surface area contributed by atoms with Crippen LogP contribution in [0, 0.1) is 23.7 Å². The van der Waals surface area contributed by atoms with Gasteiger partial charge in [-0.15, -0.1) is 0 Å². The van der Waals surface area contributed by atoms with Crippen LogP contribution in [-0.4, -0.2) is 0 Å². The molecule has 248 valence electrons. The SMILES string of the molecule is c1ccc2c(c1)Oc1ccc(-c3ccc4c(c3)-c3ccccc3C43c4ccccc4-c4c3ccc3ccccc43)cc1C21C2CC3CC(C2)CC1C3. The van der Waals surface area contributed by atoms with Crippen LogP contribution in [0.4, 0.5) is 0 Å². The largest absolute Gasteiger partial charge is 0.457 e. The van der Waals surface area contributed by atoms with E-state index < -0.39 is 0 Å². The van der Waals surface area contributed by atoms with Crippen LogP contribution in [0.2, 0.25) is 0 Å². The maximum Gasteiger partial charge on any atom is 0.131 e. The van der Waals surface area contributed by atoms with Crippen LogP contribution in [0.5, 0.6) is 11.5 Å². The molecule has 4 fully saturated rings. The van der Waals surface area contributed by atoms with Crippen molar-refractivity contribution < 1.29 is 4.74 Å². The van der Waals surface area contributed by atoms with Crippen molar-refractivity contribution in [2.24, 2.45) is 23.7 Å². The number of fused-ring (bicyclic) bond motifs is 14. The van der Waals surface area contributed by atoms with Crippen molar-refractivity contribution >= 4 is 10.8 Å². The number of benzene rings is 7. The van der Waals surface area contributed by atoms with Crippen LogP contribution in [0.25, 0.3) is 44.2 Å². The van der Waals surface area contributed by atoms with Gasteiger partial charge in [0.25, 0.3) is 0 Å². The van der Waals surface area contributed by atoms with Gasteiger partial charge in [0.1, 0.15) is 11.5 Å². The Kier molecular flexibility index (Phi) is 5.27. The van der Waals surface area contributed by atoms with Gasteiger partial charge in [-0.25, -0.2) is 0 Å². The molecule has 1 aliphatic heterocycles. The van der Waals surface area contributed by atoms with Crippen LogP contribution in [0.1, 0.15) is 65.5 Å². The second-order valence-corrected chi connectivity index (χ2v) is 16.8. The standard InChI is InChI=1S/C51H38O/c1-2-10-37-32(9-1)17-21-45-49(37)39-12-4-6-14-42(39)51(45)41-13-5-3-11-38(41)40-28-33(18-20-43(40)51)34-19-22-48-46(29-34)50(44-15-7-8-16-47(44)52-48)35-24-30-23-31(26-35)27-36(50)25-30/h1-22,28-31,35-36H,23-27H2. The third-order valence-electron chi connectivity index (χ3n) is 14.7. The lowest BCUT2D eigenvalue weighted by Crippen LogP contribution is -2.56. The predicted octanol–water partition coefficient (Wildman–Crippen LogP) is 12.7. The van der Waals surface area contributed by atoms with E-state index >= 15 is 0 Å². The smallest absolute Gasteiger partial charge is 0.131 e. The van der Waals surface area contributed by atoms with E-state index in [1.54, 1.807) is 0 Å². The number of rotatable bonds is 1. The molecular weight excluding hydrogens is 629 g/mol. The number of para-hydroxylation sites is 1. The van der Waals surface area contributed by atoms with Gasteiger partial charge in [0.15, 0.2) is 0 Å². The summed E-state index contributed by atoms with van der Waals surface area (Å²) < 4.78 is 6.78. The van der Waals surface area contributed by atoms with Crippen molar-refractivity contribution in [3.05, 3.63) is 179 Å². The molecule has 52 heavy (non-hydrogen) atoms. The van der Waals surface area contributed by atoms with Gasteiger partial charge in [-0.1, -0.05) is 121 Å². The van der Waals surface area contributed by atoms with Gasteiger partial charge >= 0.3 is 0 Å². The van der Waals surface area contributed by atoms with E-state index in [1.807, 2.05) is 0 Å². The Morgan fingerprint density at radius 3 is 1.85 bits per heavy atom. The maximum atomic E-state index is 6.78. The van der Waals surface area contributed by atoms with E-state index in [2.05, 4.69) is 146 Å². The van der Waals surface area contributed by atoms with E-state index in [4.69, 9.17) is 4.74 Å². The Morgan fingerprint density at radius 2 is 1.02 bits per heavy atom. The van der Waals surface area contributed by atoms with Gasteiger partial charge in [-0.3, -0.25) is 0 Å². The molecule has 0 amide bonds. The van der Waals surface area contributed by atoms with Crippen LogP contribution >= 0.6 is 0 Å². The van der Waals surface area contributed by atoms with Crippen LogP contribution in [0.3, 0.4) is 0 Å². The fourth-order valence-electron chi connectivity index (χ4n) is 13.2. The lowest BCUT2D eigenvalue weighted by molar-refractivity contribution is -0.0452. The summed E-state index contributed by atoms with van der Waals surface area (Å²) in [5, 5.41) is 2.63. The second kappa shape index (κ2) is 9.72. The molecule has 0 saturated heterocycles. The van der Waals surface area contributed by atoms with E-state index in [-0.39, 0.29) is 10.8 Å². The summed E-state index contributed by atoms with van der Waals surface area (Å²) in [5.74, 6) is 5.35. The highest BCUT2D eigenvalue weighted by Crippen LogP contribution is 2.69. The van der Waals surface area contributed by atoms with E-state index in [0.717, 1.165) is 23.3 Å². The highest BCUT2D eigenvalue weighted by atomic mass is 16.5. The molecule has 2 spiro atoms. The molecule has 7 aromatic carbocycles. The fraction of sp³-hybridized carbons (Fsp3) is 0.216. The van der Waals surface area contributed by atoms with Gasteiger partial charge in [0.2, 0.25) is 0 Å². The normalized spacial score (nSPS) is 27.5. The average Bonchev–Trinajstić information content (AvgIpc) is 3.66. The minimum Gasteiger partial charge on any atom is -0.457 e. The Hall–Kier alpha value is -5.40. The zero-order valence-corrected chi connectivity index (χ0v) is 29.1. The minimum atomic E-state index is -0.349. The minimum absolute atomic E-state index is 0.0427. The lowest BCUT2D eigenvalue weighted by Gasteiger charge is -2.63. The van der Waals surface area contributed by atoms with Crippen molar-refractivity contribution in [2.45, 2.75) is 42.9 Å². The molecule has 1 atom stereocenters. The van der Waals surface area contributed by atoms with Gasteiger partial charge in [0, 0.05) is 16.5 Å². The van der Waals surface area contributed by atoms with Crippen LogP contribution < -0.4 is 4.74 Å². The summed E-state index contributed by atoms with van der Waals surface area (Å²) in [6.07, 6.45) is 6.90. The van der Waals surface area contributed by atoms with Crippen LogP contribution in [0.15, 0.2) is 146 Å². The number of hydrogen-bond acceptors (Lipinski definition) is 1. The molecule has 1 heterocycles. The van der Waals surface area contributed by atoms with E-state index in [9.17, 15) is 0 Å². The van der Waals surface area contributed by atoms with Crippen molar-refractivity contribution in [3.8, 4) is 44.9 Å². The quantitative estimate of drug-likeness (QED) is 0.169. The first-order valence-electron chi connectivity index (χ1n) is 19.5. The highest BCUT2D eigenvalue weighted by Gasteiger charge is 2.61. The molecule has 0 N–H and O–H groups in total. The first kappa shape index (κ1) is 28.2. The molecule has 7 aromatic rings. The molecule has 14 rings (SSSR count). The molecule has 0 radical (unpaired) electrons. The molecule has 1 nitrogen and oxygen atoms in total. The summed E-state index contributed by atoms with van der Waals surface area (Å²) in [6.45, 7) is 0. The van der Waals surface area contributed by atoms with Crippen molar-refractivity contribution in [3.63, 3.8) is 0 Å². The third-order valence-corrected chi connectivity index (χ3v) is 14.7. The first-order valence-corrected chi connectivity index (χ1v) is 19.5. The molecule has 6 aliphatic carbocycles. The molecule has 0 aromatic heterocycles. The summed E-state index contributed by atoms with van der Waals surface area (Å²) in [4.78, 5) is 0. The number of ether oxygens (including phenoxy) is 1. The predicted molar refractivity (Wildman–Crippen MR) is 210 cm³/mol. The molecule has 1 heteroatoms. The highest BCUT2D eigenvalue weighted by molar-refractivity contribution is 6.06. The van der Waals surface area contributed by atoms with Gasteiger partial charge in [-0.2, -0.15) is 0 Å². The Bertz CT molecular complexity index is 2670. The molecule has 7 aliphatic rings. The van der Waals surface area contributed by atoms with Crippen LogP contribution in [-0.2, 0) is 10.8 Å². The Balaban J connectivity index is 1.03. The zero-order chi connectivity index (χ0) is 33.8. The molecule has 4 bridgehead atoms. The second-order valence-electron chi connectivity index (χ2n) is 16.8. The van der Waals surface area contributed by atoms with Crippen molar-refractivity contribution in [1.29, 1.82) is 0 Å². The third kappa shape index (κ3) is 3.25. The molecule has 4 saturated carbocycles.